The zero-order valence-corrected chi connectivity index (χ0v) is 10.6. The summed E-state index contributed by atoms with van der Waals surface area (Å²) >= 11 is 0. The summed E-state index contributed by atoms with van der Waals surface area (Å²) in [5, 5.41) is 10.4. The number of sulfone groups is 1. The molecule has 0 aliphatic rings. The highest BCUT2D eigenvalue weighted by Crippen LogP contribution is 2.12. The summed E-state index contributed by atoms with van der Waals surface area (Å²) in [4.78, 5) is 21.3. The molecule has 1 aromatic carbocycles. The molecule has 0 aliphatic carbocycles. The molecule has 0 bridgehead atoms. The molecule has 0 aliphatic heterocycles. The highest BCUT2D eigenvalue weighted by Gasteiger charge is 2.16. The second-order valence-electron chi connectivity index (χ2n) is 3.69. The fraction of sp³-hybridized carbons (Fsp3) is 0.273. The van der Waals surface area contributed by atoms with Crippen LogP contribution in [0, 0.1) is 5.82 Å². The summed E-state index contributed by atoms with van der Waals surface area (Å²) in [5.41, 5.74) is 0. The molecule has 0 saturated heterocycles. The molecule has 1 rings (SSSR count). The third kappa shape index (κ3) is 5.04. The van der Waals surface area contributed by atoms with Gasteiger partial charge in [0.05, 0.1) is 10.6 Å². The first-order chi connectivity index (χ1) is 8.81. The maximum absolute atomic E-state index is 12.7. The van der Waals surface area contributed by atoms with Crippen LogP contribution in [0.5, 0.6) is 0 Å². The average molecular weight is 289 g/mol. The molecule has 19 heavy (non-hydrogen) atoms. The van der Waals surface area contributed by atoms with Crippen LogP contribution in [-0.4, -0.2) is 37.7 Å². The van der Waals surface area contributed by atoms with E-state index in [0.29, 0.717) is 0 Å². The van der Waals surface area contributed by atoms with Crippen molar-refractivity contribution in [3.05, 3.63) is 30.1 Å². The fourth-order valence-electron chi connectivity index (χ4n) is 1.25. The molecule has 1 aromatic rings. The lowest BCUT2D eigenvalue weighted by Crippen LogP contribution is -2.30. The van der Waals surface area contributed by atoms with Gasteiger partial charge in [-0.25, -0.2) is 12.8 Å². The van der Waals surface area contributed by atoms with Crippen molar-refractivity contribution in [2.24, 2.45) is 0 Å². The second kappa shape index (κ2) is 6.28. The van der Waals surface area contributed by atoms with E-state index in [1.54, 1.807) is 0 Å². The van der Waals surface area contributed by atoms with E-state index in [1.165, 1.54) is 0 Å². The molecular formula is C11H12FNO5S. The number of hydrogen-bond acceptors (Lipinski definition) is 4. The molecule has 0 radical (unpaired) electrons. The first-order valence-corrected chi connectivity index (χ1v) is 6.93. The number of carbonyl (C=O) groups excluding carboxylic acids is 1. The van der Waals surface area contributed by atoms with Crippen LogP contribution in [0.25, 0.3) is 0 Å². The molecule has 0 spiro atoms. The molecule has 6 nitrogen and oxygen atoms in total. The summed E-state index contributed by atoms with van der Waals surface area (Å²) in [7, 11) is -3.69. The smallest absolute Gasteiger partial charge is 0.322 e. The van der Waals surface area contributed by atoms with Crippen LogP contribution in [0.1, 0.15) is 6.42 Å². The van der Waals surface area contributed by atoms with Crippen LogP contribution in [0.3, 0.4) is 0 Å². The van der Waals surface area contributed by atoms with Gasteiger partial charge >= 0.3 is 5.97 Å². The van der Waals surface area contributed by atoms with Crippen molar-refractivity contribution in [1.82, 2.24) is 5.32 Å². The summed E-state index contributed by atoms with van der Waals surface area (Å²) in [6.45, 7) is -0.560. The van der Waals surface area contributed by atoms with E-state index in [2.05, 4.69) is 5.32 Å². The van der Waals surface area contributed by atoms with Gasteiger partial charge in [-0.1, -0.05) is 0 Å². The molecule has 0 atom stereocenters. The van der Waals surface area contributed by atoms with Crippen molar-refractivity contribution in [2.45, 2.75) is 11.3 Å². The number of amides is 1. The number of aliphatic carboxylic acids is 1. The minimum absolute atomic E-state index is 0.0834. The lowest BCUT2D eigenvalue weighted by atomic mass is 10.4. The highest BCUT2D eigenvalue weighted by molar-refractivity contribution is 7.91. The Balaban J connectivity index is 2.58. The lowest BCUT2D eigenvalue weighted by molar-refractivity contribution is -0.137. The third-order valence-electron chi connectivity index (χ3n) is 2.21. The standard InChI is InChI=1S/C11H12FNO5S/c12-8-1-3-9(4-2-8)19(17,18)6-5-10(14)13-7-11(15)16/h1-4H,5-7H2,(H,13,14)(H,15,16). The minimum atomic E-state index is -3.69. The average Bonchev–Trinajstić information content (AvgIpc) is 2.34. The maximum atomic E-state index is 12.7. The van der Waals surface area contributed by atoms with Crippen LogP contribution in [0.15, 0.2) is 29.2 Å². The Morgan fingerprint density at radius 1 is 1.21 bits per heavy atom. The van der Waals surface area contributed by atoms with Crippen LogP contribution in [0.2, 0.25) is 0 Å². The molecule has 0 saturated carbocycles. The summed E-state index contributed by atoms with van der Waals surface area (Å²) in [5.74, 6) is -2.91. The van der Waals surface area contributed by atoms with Gasteiger partial charge in [0.1, 0.15) is 12.4 Å². The van der Waals surface area contributed by atoms with Gasteiger partial charge < -0.3 is 10.4 Å². The van der Waals surface area contributed by atoms with Gasteiger partial charge in [0.25, 0.3) is 0 Å². The predicted octanol–water partition coefficient (Wildman–Crippen LogP) is 0.190. The summed E-state index contributed by atoms with van der Waals surface area (Å²) in [6, 6.07) is 4.24. The topological polar surface area (TPSA) is 101 Å². The van der Waals surface area contributed by atoms with Crippen molar-refractivity contribution in [3.63, 3.8) is 0 Å². The van der Waals surface area contributed by atoms with Crippen LogP contribution in [-0.2, 0) is 19.4 Å². The summed E-state index contributed by atoms with van der Waals surface area (Å²) < 4.78 is 36.2. The number of halogens is 1. The van der Waals surface area contributed by atoms with E-state index < -0.39 is 39.8 Å². The summed E-state index contributed by atoms with van der Waals surface area (Å²) in [6.07, 6.45) is -0.354. The highest BCUT2D eigenvalue weighted by atomic mass is 32.2. The van der Waals surface area contributed by atoms with Gasteiger partial charge in [0.2, 0.25) is 5.91 Å². The van der Waals surface area contributed by atoms with Gasteiger partial charge in [-0.3, -0.25) is 9.59 Å². The molecule has 1 amide bonds. The van der Waals surface area contributed by atoms with E-state index in [-0.39, 0.29) is 11.3 Å². The van der Waals surface area contributed by atoms with Crippen molar-refractivity contribution in [1.29, 1.82) is 0 Å². The Morgan fingerprint density at radius 2 is 1.79 bits per heavy atom. The first kappa shape index (κ1) is 15.1. The Labute approximate surface area is 109 Å². The van der Waals surface area contributed by atoms with Gasteiger partial charge in [0, 0.05) is 6.42 Å². The number of hydrogen-bond donors (Lipinski definition) is 2. The van der Waals surface area contributed by atoms with Gasteiger partial charge in [-0.05, 0) is 24.3 Å². The van der Waals surface area contributed by atoms with Crippen molar-refractivity contribution in [3.8, 4) is 0 Å². The molecular weight excluding hydrogens is 277 g/mol. The van der Waals surface area contributed by atoms with E-state index in [9.17, 15) is 22.4 Å². The largest absolute Gasteiger partial charge is 0.480 e. The van der Waals surface area contributed by atoms with Crippen molar-refractivity contribution >= 4 is 21.7 Å². The van der Waals surface area contributed by atoms with Crippen molar-refractivity contribution < 1.29 is 27.5 Å². The number of carboxylic acids is 1. The van der Waals surface area contributed by atoms with E-state index in [0.717, 1.165) is 24.3 Å². The van der Waals surface area contributed by atoms with E-state index in [4.69, 9.17) is 5.11 Å². The van der Waals surface area contributed by atoms with Crippen LogP contribution >= 0.6 is 0 Å². The van der Waals surface area contributed by atoms with E-state index >= 15 is 0 Å². The van der Waals surface area contributed by atoms with Crippen molar-refractivity contribution in [2.75, 3.05) is 12.3 Å². The minimum Gasteiger partial charge on any atom is -0.480 e. The molecule has 0 unspecified atom stereocenters. The predicted molar refractivity (Wildman–Crippen MR) is 63.7 cm³/mol. The fourth-order valence-corrected chi connectivity index (χ4v) is 2.49. The zero-order valence-electron chi connectivity index (χ0n) is 9.80. The molecule has 2 N–H and O–H groups in total. The Morgan fingerprint density at radius 3 is 2.32 bits per heavy atom. The third-order valence-corrected chi connectivity index (χ3v) is 3.94. The first-order valence-electron chi connectivity index (χ1n) is 5.28. The number of benzene rings is 1. The number of nitrogens with one attached hydrogen (secondary N) is 1. The Hall–Kier alpha value is -1.96. The lowest BCUT2D eigenvalue weighted by Gasteiger charge is -2.04. The molecule has 0 fully saturated rings. The van der Waals surface area contributed by atoms with Gasteiger partial charge in [-0.2, -0.15) is 0 Å². The molecule has 0 heterocycles. The van der Waals surface area contributed by atoms with Gasteiger partial charge in [0.15, 0.2) is 9.84 Å². The number of carboxylic acid groups (broad SMARTS) is 1. The molecule has 104 valence electrons. The monoisotopic (exact) mass is 289 g/mol. The van der Waals surface area contributed by atoms with E-state index in [1.807, 2.05) is 0 Å². The Bertz CT molecular complexity index is 567. The Kier molecular flexibility index (Phi) is 4.99. The number of rotatable bonds is 6. The number of carbonyl (C=O) groups is 2. The van der Waals surface area contributed by atoms with Gasteiger partial charge in [-0.15, -0.1) is 0 Å². The zero-order chi connectivity index (χ0) is 14.5. The van der Waals surface area contributed by atoms with Crippen LogP contribution in [0.4, 0.5) is 4.39 Å². The molecule has 0 aromatic heterocycles. The SMILES string of the molecule is O=C(O)CNC(=O)CCS(=O)(=O)c1ccc(F)cc1. The maximum Gasteiger partial charge on any atom is 0.322 e. The quantitative estimate of drug-likeness (QED) is 0.728. The second-order valence-corrected chi connectivity index (χ2v) is 5.80. The van der Waals surface area contributed by atoms with Crippen LogP contribution < -0.4 is 5.32 Å². The normalized spacial score (nSPS) is 11.0. The molecule has 8 heteroatoms.